The third kappa shape index (κ3) is 2.29. The average molecular weight is 181 g/mol. The van der Waals surface area contributed by atoms with E-state index in [1.807, 2.05) is 13.1 Å². The first-order valence-corrected chi connectivity index (χ1v) is 4.29. The molecule has 1 aromatic rings. The largest absolute Gasteiger partial charge is 0.307 e. The van der Waals surface area contributed by atoms with Crippen molar-refractivity contribution in [1.29, 1.82) is 0 Å². The molecule has 0 saturated heterocycles. The number of aromatic nitrogens is 2. The number of hydrogen-bond donors (Lipinski definition) is 2. The number of amidine groups is 1. The van der Waals surface area contributed by atoms with Gasteiger partial charge in [-0.1, -0.05) is 6.92 Å². The van der Waals surface area contributed by atoms with Crippen LogP contribution in [-0.4, -0.2) is 22.2 Å². The topological polar surface area (TPSA) is 68.2 Å². The quantitative estimate of drug-likeness (QED) is 0.299. The van der Waals surface area contributed by atoms with Crippen LogP contribution in [0.3, 0.4) is 0 Å². The third-order valence-electron chi connectivity index (χ3n) is 1.69. The van der Waals surface area contributed by atoms with Crippen molar-refractivity contribution in [2.24, 2.45) is 17.9 Å². The second-order valence-corrected chi connectivity index (χ2v) is 2.71. The fourth-order valence-electron chi connectivity index (χ4n) is 1.03. The van der Waals surface area contributed by atoms with Gasteiger partial charge in [0, 0.05) is 19.8 Å². The van der Waals surface area contributed by atoms with Crippen LogP contribution in [0.2, 0.25) is 0 Å². The Balaban J connectivity index is 2.84. The fourth-order valence-corrected chi connectivity index (χ4v) is 1.03. The lowest BCUT2D eigenvalue weighted by atomic mass is 10.4. The Morgan fingerprint density at radius 1 is 1.77 bits per heavy atom. The summed E-state index contributed by atoms with van der Waals surface area (Å²) < 4.78 is 1.73. The Morgan fingerprint density at radius 3 is 3.00 bits per heavy atom. The molecule has 0 aliphatic carbocycles. The summed E-state index contributed by atoms with van der Waals surface area (Å²) >= 11 is 0. The highest BCUT2D eigenvalue weighted by Crippen LogP contribution is 1.96. The van der Waals surface area contributed by atoms with Gasteiger partial charge in [0.1, 0.15) is 5.69 Å². The zero-order chi connectivity index (χ0) is 9.68. The highest BCUT2D eigenvalue weighted by atomic mass is 15.3. The number of nitrogens with zero attached hydrogens (tertiary/aromatic N) is 3. The molecule has 0 amide bonds. The minimum Gasteiger partial charge on any atom is -0.307 e. The van der Waals surface area contributed by atoms with E-state index in [1.54, 1.807) is 10.9 Å². The van der Waals surface area contributed by atoms with E-state index < -0.39 is 0 Å². The fraction of sp³-hybridized carbons (Fsp3) is 0.500. The van der Waals surface area contributed by atoms with Crippen LogP contribution in [0, 0.1) is 0 Å². The maximum absolute atomic E-state index is 5.35. The summed E-state index contributed by atoms with van der Waals surface area (Å²) in [5.74, 6) is 6.03. The maximum Gasteiger partial charge on any atom is 0.161 e. The summed E-state index contributed by atoms with van der Waals surface area (Å²) in [6.07, 6.45) is 2.72. The number of nitrogens with one attached hydrogen (secondary N) is 1. The van der Waals surface area contributed by atoms with Gasteiger partial charge in [-0.2, -0.15) is 5.10 Å². The van der Waals surface area contributed by atoms with E-state index in [9.17, 15) is 0 Å². The van der Waals surface area contributed by atoms with Crippen LogP contribution in [0.1, 0.15) is 19.0 Å². The molecule has 72 valence electrons. The highest BCUT2D eigenvalue weighted by molar-refractivity contribution is 5.96. The van der Waals surface area contributed by atoms with Crippen LogP contribution in [-0.2, 0) is 7.05 Å². The summed E-state index contributed by atoms with van der Waals surface area (Å²) in [7, 11) is 1.86. The first kappa shape index (κ1) is 9.73. The highest BCUT2D eigenvalue weighted by Gasteiger charge is 2.04. The van der Waals surface area contributed by atoms with Gasteiger partial charge >= 0.3 is 0 Å². The molecule has 0 aromatic carbocycles. The Hall–Kier alpha value is -1.36. The Kier molecular flexibility index (Phi) is 3.45. The number of nitrogens with two attached hydrogens (primary N) is 1. The van der Waals surface area contributed by atoms with Gasteiger partial charge in [-0.3, -0.25) is 9.67 Å². The van der Waals surface area contributed by atoms with Crippen LogP contribution < -0.4 is 11.3 Å². The van der Waals surface area contributed by atoms with Crippen LogP contribution in [0.25, 0.3) is 0 Å². The van der Waals surface area contributed by atoms with Crippen LogP contribution >= 0.6 is 0 Å². The van der Waals surface area contributed by atoms with Gasteiger partial charge in [-0.15, -0.1) is 0 Å². The minimum atomic E-state index is 0.682. The molecule has 5 heteroatoms. The predicted octanol–water partition coefficient (Wildman–Crippen LogP) is 0.0400. The van der Waals surface area contributed by atoms with E-state index in [-0.39, 0.29) is 0 Å². The summed E-state index contributed by atoms with van der Waals surface area (Å²) in [6, 6.07) is 1.87. The first-order chi connectivity index (χ1) is 6.29. The molecular weight excluding hydrogens is 166 g/mol. The SMILES string of the molecule is CCCN=C(NN)c1ccnn1C. The summed E-state index contributed by atoms with van der Waals surface area (Å²) in [6.45, 7) is 2.84. The molecule has 1 rings (SSSR count). The first-order valence-electron chi connectivity index (χ1n) is 4.29. The second-order valence-electron chi connectivity index (χ2n) is 2.71. The molecule has 0 spiro atoms. The summed E-state index contributed by atoms with van der Waals surface area (Å²) in [4.78, 5) is 4.28. The van der Waals surface area contributed by atoms with Gasteiger partial charge in [0.05, 0.1) is 0 Å². The van der Waals surface area contributed by atoms with E-state index in [0.717, 1.165) is 18.7 Å². The molecule has 0 radical (unpaired) electrons. The zero-order valence-electron chi connectivity index (χ0n) is 7.99. The molecule has 0 atom stereocenters. The average Bonchev–Trinajstić information content (AvgIpc) is 2.54. The van der Waals surface area contributed by atoms with Gasteiger partial charge in [0.25, 0.3) is 0 Å². The lowest BCUT2D eigenvalue weighted by molar-refractivity contribution is 0.751. The number of hydrazine groups is 1. The normalized spacial score (nSPS) is 11.8. The van der Waals surface area contributed by atoms with E-state index in [0.29, 0.717) is 5.84 Å². The van der Waals surface area contributed by atoms with Gasteiger partial charge < -0.3 is 5.43 Å². The van der Waals surface area contributed by atoms with Crippen LogP contribution in [0.4, 0.5) is 0 Å². The minimum absolute atomic E-state index is 0.682. The van der Waals surface area contributed by atoms with Crippen molar-refractivity contribution in [1.82, 2.24) is 15.2 Å². The van der Waals surface area contributed by atoms with Crippen LogP contribution in [0.15, 0.2) is 17.3 Å². The molecule has 0 fully saturated rings. The number of hydrogen-bond acceptors (Lipinski definition) is 3. The monoisotopic (exact) mass is 181 g/mol. The molecule has 0 unspecified atom stereocenters. The van der Waals surface area contributed by atoms with Crippen LogP contribution in [0.5, 0.6) is 0 Å². The summed E-state index contributed by atoms with van der Waals surface area (Å²) in [5.41, 5.74) is 3.47. The molecule has 0 aliphatic heterocycles. The van der Waals surface area contributed by atoms with Crippen molar-refractivity contribution in [3.63, 3.8) is 0 Å². The van der Waals surface area contributed by atoms with Gasteiger partial charge in [0.2, 0.25) is 0 Å². The Morgan fingerprint density at radius 2 is 2.54 bits per heavy atom. The van der Waals surface area contributed by atoms with E-state index >= 15 is 0 Å². The van der Waals surface area contributed by atoms with Crippen molar-refractivity contribution in [3.05, 3.63) is 18.0 Å². The standard InChI is InChI=1S/C8H15N5/c1-3-5-10-8(12-9)7-4-6-11-13(7)2/h4,6H,3,5,9H2,1-2H3,(H,10,12). The number of rotatable bonds is 3. The van der Waals surface area contributed by atoms with E-state index in [1.165, 1.54) is 0 Å². The van der Waals surface area contributed by atoms with Crippen molar-refractivity contribution in [3.8, 4) is 0 Å². The smallest absolute Gasteiger partial charge is 0.161 e. The zero-order valence-corrected chi connectivity index (χ0v) is 7.99. The van der Waals surface area contributed by atoms with E-state index in [2.05, 4.69) is 22.4 Å². The number of aliphatic imine (C=N–C) groups is 1. The van der Waals surface area contributed by atoms with Gasteiger partial charge in [-0.05, 0) is 12.5 Å². The van der Waals surface area contributed by atoms with Crippen molar-refractivity contribution in [2.75, 3.05) is 6.54 Å². The van der Waals surface area contributed by atoms with Gasteiger partial charge in [0.15, 0.2) is 5.84 Å². The molecule has 13 heavy (non-hydrogen) atoms. The lowest BCUT2D eigenvalue weighted by Crippen LogP contribution is -2.32. The molecule has 0 aliphatic rings. The Labute approximate surface area is 77.6 Å². The molecule has 5 nitrogen and oxygen atoms in total. The predicted molar refractivity (Wildman–Crippen MR) is 52.2 cm³/mol. The maximum atomic E-state index is 5.35. The molecule has 0 saturated carbocycles. The van der Waals surface area contributed by atoms with E-state index in [4.69, 9.17) is 5.84 Å². The molecule has 1 aromatic heterocycles. The van der Waals surface area contributed by atoms with Crippen molar-refractivity contribution in [2.45, 2.75) is 13.3 Å². The summed E-state index contributed by atoms with van der Waals surface area (Å²) in [5, 5.41) is 4.03. The lowest BCUT2D eigenvalue weighted by Gasteiger charge is -2.04. The molecule has 1 heterocycles. The molecule has 3 N–H and O–H groups in total. The second kappa shape index (κ2) is 4.61. The van der Waals surface area contributed by atoms with Crippen molar-refractivity contribution >= 4 is 5.84 Å². The van der Waals surface area contributed by atoms with Crippen molar-refractivity contribution < 1.29 is 0 Å². The third-order valence-corrected chi connectivity index (χ3v) is 1.69. The molecular formula is C8H15N5. The molecule has 0 bridgehead atoms. The van der Waals surface area contributed by atoms with Gasteiger partial charge in [-0.25, -0.2) is 5.84 Å². The Bertz CT molecular complexity index is 288. The number of aryl methyl sites for hydroxylation is 1.